The first kappa shape index (κ1) is 14.6. The van der Waals surface area contributed by atoms with Gasteiger partial charge >= 0.3 is 6.03 Å². The highest BCUT2D eigenvalue weighted by Crippen LogP contribution is 2.21. The fraction of sp³-hybridized carbons (Fsp3) is 0.462. The first-order valence-corrected chi connectivity index (χ1v) is 6.37. The summed E-state index contributed by atoms with van der Waals surface area (Å²) in [6.07, 6.45) is 2.24. The zero-order valence-corrected chi connectivity index (χ0v) is 10.6. The van der Waals surface area contributed by atoms with Crippen LogP contribution in [0.15, 0.2) is 12.1 Å². The van der Waals surface area contributed by atoms with Gasteiger partial charge in [0.05, 0.1) is 12.1 Å². The number of aliphatic hydroxyl groups is 1. The van der Waals surface area contributed by atoms with E-state index in [1.807, 2.05) is 5.32 Å². The molecule has 2 atom stereocenters. The molecule has 7 heteroatoms. The maximum Gasteiger partial charge on any atom is 0.319 e. The van der Waals surface area contributed by atoms with Crippen molar-refractivity contribution in [1.29, 1.82) is 0 Å². The molecule has 4 nitrogen and oxygen atoms in total. The van der Waals surface area contributed by atoms with Crippen LogP contribution in [0.3, 0.4) is 0 Å². The van der Waals surface area contributed by atoms with Crippen molar-refractivity contribution in [3.8, 4) is 0 Å². The fourth-order valence-electron chi connectivity index (χ4n) is 2.26. The standard InChI is InChI=1S/C13H15F3N2O2/c14-7-5-8(15)12(9(16)6-7)18-13(20)17-10-3-1-2-4-11(10)19/h5-6,10-11,19H,1-4H2,(H2,17,18,20). The lowest BCUT2D eigenvalue weighted by Crippen LogP contribution is -2.46. The van der Waals surface area contributed by atoms with Gasteiger partial charge in [0.15, 0.2) is 11.6 Å². The van der Waals surface area contributed by atoms with E-state index < -0.39 is 41.3 Å². The molecule has 0 saturated heterocycles. The minimum atomic E-state index is -1.19. The molecule has 1 saturated carbocycles. The third-order valence-corrected chi connectivity index (χ3v) is 3.29. The van der Waals surface area contributed by atoms with Gasteiger partial charge in [-0.2, -0.15) is 0 Å². The number of anilines is 1. The first-order valence-electron chi connectivity index (χ1n) is 6.37. The van der Waals surface area contributed by atoms with Gasteiger partial charge in [-0.25, -0.2) is 18.0 Å². The summed E-state index contributed by atoms with van der Waals surface area (Å²) in [5.41, 5.74) is -0.714. The number of amides is 2. The minimum Gasteiger partial charge on any atom is -0.391 e. The number of halogens is 3. The first-order chi connectivity index (χ1) is 9.47. The lowest BCUT2D eigenvalue weighted by Gasteiger charge is -2.28. The van der Waals surface area contributed by atoms with E-state index >= 15 is 0 Å². The van der Waals surface area contributed by atoms with E-state index in [2.05, 4.69) is 5.32 Å². The molecule has 1 aromatic carbocycles. The second kappa shape index (κ2) is 6.13. The maximum atomic E-state index is 13.4. The average Bonchev–Trinajstić information content (AvgIpc) is 2.36. The second-order valence-electron chi connectivity index (χ2n) is 4.80. The summed E-state index contributed by atoms with van der Waals surface area (Å²) in [5, 5.41) is 14.1. The van der Waals surface area contributed by atoms with E-state index in [0.717, 1.165) is 12.8 Å². The van der Waals surface area contributed by atoms with Gasteiger partial charge in [-0.1, -0.05) is 12.8 Å². The number of carbonyl (C=O) groups is 1. The Morgan fingerprint density at radius 1 is 1.15 bits per heavy atom. The summed E-state index contributed by atoms with van der Waals surface area (Å²) in [6.45, 7) is 0. The molecule has 0 spiro atoms. The molecule has 0 bridgehead atoms. The van der Waals surface area contributed by atoms with Crippen molar-refractivity contribution >= 4 is 11.7 Å². The molecule has 1 aliphatic rings. The molecule has 110 valence electrons. The lowest BCUT2D eigenvalue weighted by molar-refractivity contribution is 0.0955. The highest BCUT2D eigenvalue weighted by atomic mass is 19.1. The van der Waals surface area contributed by atoms with Crippen molar-refractivity contribution < 1.29 is 23.1 Å². The summed E-state index contributed by atoms with van der Waals surface area (Å²) >= 11 is 0. The predicted molar refractivity (Wildman–Crippen MR) is 66.7 cm³/mol. The molecule has 1 aliphatic carbocycles. The Morgan fingerprint density at radius 3 is 2.35 bits per heavy atom. The monoisotopic (exact) mass is 288 g/mol. The zero-order chi connectivity index (χ0) is 14.7. The van der Waals surface area contributed by atoms with Gasteiger partial charge in [-0.05, 0) is 12.8 Å². The number of urea groups is 1. The summed E-state index contributed by atoms with van der Waals surface area (Å²) in [6, 6.07) is -0.321. The van der Waals surface area contributed by atoms with Gasteiger partial charge < -0.3 is 15.7 Å². The molecule has 20 heavy (non-hydrogen) atoms. The molecule has 2 unspecified atom stereocenters. The fourth-order valence-corrected chi connectivity index (χ4v) is 2.26. The Hall–Kier alpha value is -1.76. The van der Waals surface area contributed by atoms with E-state index in [4.69, 9.17) is 0 Å². The normalized spacial score (nSPS) is 22.4. The highest BCUT2D eigenvalue weighted by Gasteiger charge is 2.25. The molecule has 2 amide bonds. The van der Waals surface area contributed by atoms with Crippen LogP contribution in [0.4, 0.5) is 23.7 Å². The van der Waals surface area contributed by atoms with E-state index in [1.165, 1.54) is 0 Å². The molecular formula is C13H15F3N2O2. The number of hydrogen-bond donors (Lipinski definition) is 3. The summed E-state index contributed by atoms with van der Waals surface area (Å²) < 4.78 is 39.4. The number of nitrogens with one attached hydrogen (secondary N) is 2. The number of rotatable bonds is 2. The lowest BCUT2D eigenvalue weighted by atomic mass is 9.93. The Kier molecular flexibility index (Phi) is 4.49. The zero-order valence-electron chi connectivity index (χ0n) is 10.6. The number of carbonyl (C=O) groups excluding carboxylic acids is 1. The van der Waals surface area contributed by atoms with Crippen LogP contribution in [0.1, 0.15) is 25.7 Å². The van der Waals surface area contributed by atoms with Gasteiger partial charge in [0.25, 0.3) is 0 Å². The van der Waals surface area contributed by atoms with Crippen molar-refractivity contribution in [1.82, 2.24) is 5.32 Å². The number of benzene rings is 1. The molecule has 0 aliphatic heterocycles. The van der Waals surface area contributed by atoms with Crippen LogP contribution in [0.5, 0.6) is 0 Å². The van der Waals surface area contributed by atoms with Crippen LogP contribution < -0.4 is 10.6 Å². The average molecular weight is 288 g/mol. The van der Waals surface area contributed by atoms with E-state index in [-0.39, 0.29) is 0 Å². The molecule has 1 aromatic rings. The van der Waals surface area contributed by atoms with Gasteiger partial charge in [0, 0.05) is 12.1 Å². The maximum absolute atomic E-state index is 13.4. The Balaban J connectivity index is 2.01. The van der Waals surface area contributed by atoms with E-state index in [0.29, 0.717) is 25.0 Å². The highest BCUT2D eigenvalue weighted by molar-refractivity contribution is 5.89. The summed E-state index contributed by atoms with van der Waals surface area (Å²) in [5.74, 6) is -3.45. The third-order valence-electron chi connectivity index (χ3n) is 3.29. The Labute approximate surface area is 114 Å². The predicted octanol–water partition coefficient (Wildman–Crippen LogP) is 2.53. The van der Waals surface area contributed by atoms with Gasteiger partial charge in [0.1, 0.15) is 11.5 Å². The van der Waals surface area contributed by atoms with Crippen molar-refractivity contribution in [2.75, 3.05) is 5.32 Å². The molecule has 1 fully saturated rings. The Morgan fingerprint density at radius 2 is 1.75 bits per heavy atom. The molecular weight excluding hydrogens is 273 g/mol. The van der Waals surface area contributed by atoms with Crippen LogP contribution in [0.2, 0.25) is 0 Å². The van der Waals surface area contributed by atoms with E-state index in [1.54, 1.807) is 0 Å². The molecule has 3 N–H and O–H groups in total. The molecule has 2 rings (SSSR count). The summed E-state index contributed by atoms with van der Waals surface area (Å²) in [7, 11) is 0. The Bertz CT molecular complexity index is 487. The van der Waals surface area contributed by atoms with Crippen LogP contribution >= 0.6 is 0 Å². The van der Waals surface area contributed by atoms with Crippen molar-refractivity contribution in [3.63, 3.8) is 0 Å². The van der Waals surface area contributed by atoms with Gasteiger partial charge in [-0.15, -0.1) is 0 Å². The van der Waals surface area contributed by atoms with Crippen molar-refractivity contribution in [3.05, 3.63) is 29.6 Å². The van der Waals surface area contributed by atoms with Gasteiger partial charge in [0.2, 0.25) is 0 Å². The van der Waals surface area contributed by atoms with Crippen molar-refractivity contribution in [2.45, 2.75) is 37.8 Å². The largest absolute Gasteiger partial charge is 0.391 e. The molecule has 0 heterocycles. The number of hydrogen-bond acceptors (Lipinski definition) is 2. The third kappa shape index (κ3) is 3.41. The topological polar surface area (TPSA) is 61.4 Å². The van der Waals surface area contributed by atoms with Gasteiger partial charge in [-0.3, -0.25) is 0 Å². The minimum absolute atomic E-state index is 0.449. The number of aliphatic hydroxyl groups excluding tert-OH is 1. The second-order valence-corrected chi connectivity index (χ2v) is 4.80. The smallest absolute Gasteiger partial charge is 0.319 e. The molecule has 0 aromatic heterocycles. The SMILES string of the molecule is O=C(Nc1c(F)cc(F)cc1F)NC1CCCCC1O. The van der Waals surface area contributed by atoms with Crippen LogP contribution in [-0.4, -0.2) is 23.3 Å². The summed E-state index contributed by atoms with van der Waals surface area (Å²) in [4.78, 5) is 11.7. The van der Waals surface area contributed by atoms with Crippen molar-refractivity contribution in [2.24, 2.45) is 0 Å². The van der Waals surface area contributed by atoms with Crippen LogP contribution in [0.25, 0.3) is 0 Å². The molecule has 0 radical (unpaired) electrons. The van der Waals surface area contributed by atoms with E-state index in [9.17, 15) is 23.1 Å². The van der Waals surface area contributed by atoms with Crippen LogP contribution in [0, 0.1) is 17.5 Å². The van der Waals surface area contributed by atoms with Crippen LogP contribution in [-0.2, 0) is 0 Å². The quantitative estimate of drug-likeness (QED) is 0.783.